The van der Waals surface area contributed by atoms with Gasteiger partial charge in [-0.3, -0.25) is 4.79 Å². The lowest BCUT2D eigenvalue weighted by Crippen LogP contribution is -2.32. The van der Waals surface area contributed by atoms with Crippen LogP contribution in [-0.4, -0.2) is 43.5 Å². The maximum Gasteiger partial charge on any atom is 0.429 e. The SMILES string of the molecule is C\C=C/C(=C\C(=C\CC)C(F)(F)F)C(N=C(CNC(=O)/C(=C/C)N=C(CCC)C(F)(F)F)OC)=C(C)CC. The van der Waals surface area contributed by atoms with Gasteiger partial charge in [0.2, 0.25) is 5.90 Å². The van der Waals surface area contributed by atoms with Gasteiger partial charge in [-0.15, -0.1) is 0 Å². The largest absolute Gasteiger partial charge is 0.483 e. The van der Waals surface area contributed by atoms with Crippen LogP contribution in [0.4, 0.5) is 26.3 Å². The molecule has 0 unspecified atom stereocenters. The second kappa shape index (κ2) is 16.7. The van der Waals surface area contributed by atoms with E-state index in [9.17, 15) is 31.1 Å². The first kappa shape index (κ1) is 34.9. The van der Waals surface area contributed by atoms with E-state index in [0.29, 0.717) is 12.0 Å². The number of methoxy groups -OCH3 is 1. The van der Waals surface area contributed by atoms with E-state index in [1.165, 1.54) is 20.1 Å². The quantitative estimate of drug-likeness (QED) is 0.0883. The number of rotatable bonds is 12. The average Bonchev–Trinajstić information content (AvgIpc) is 2.84. The molecule has 0 aromatic heterocycles. The lowest BCUT2D eigenvalue weighted by atomic mass is 10.0. The molecule has 0 aliphatic heterocycles. The van der Waals surface area contributed by atoms with Crippen molar-refractivity contribution in [2.24, 2.45) is 9.98 Å². The Bertz CT molecular complexity index is 1010. The van der Waals surface area contributed by atoms with Crippen molar-refractivity contribution in [3.8, 4) is 0 Å². The number of nitrogens with zero attached hydrogens (tertiary/aromatic N) is 2. The highest BCUT2D eigenvalue weighted by Crippen LogP contribution is 2.31. The van der Waals surface area contributed by atoms with E-state index >= 15 is 0 Å². The van der Waals surface area contributed by atoms with Gasteiger partial charge in [0.15, 0.2) is 0 Å². The fourth-order valence-corrected chi connectivity index (χ4v) is 3.01. The first-order valence-electron chi connectivity index (χ1n) is 12.2. The number of amides is 1. The molecule has 0 rings (SSSR count). The van der Waals surface area contributed by atoms with Gasteiger partial charge in [-0.2, -0.15) is 26.3 Å². The molecule has 0 atom stereocenters. The number of carbonyl (C=O) groups excluding carboxylic acids is 1. The Morgan fingerprint density at radius 1 is 1.00 bits per heavy atom. The lowest BCUT2D eigenvalue weighted by Gasteiger charge is -2.15. The molecule has 0 bridgehead atoms. The molecule has 0 aromatic carbocycles. The number of allylic oxidation sites excluding steroid dienone is 7. The van der Waals surface area contributed by atoms with Crippen LogP contribution in [0.25, 0.3) is 0 Å². The van der Waals surface area contributed by atoms with Crippen molar-refractivity contribution in [1.29, 1.82) is 0 Å². The molecule has 0 saturated heterocycles. The average molecular weight is 550 g/mol. The van der Waals surface area contributed by atoms with Gasteiger partial charge < -0.3 is 10.1 Å². The summed E-state index contributed by atoms with van der Waals surface area (Å²) in [7, 11) is 1.26. The predicted octanol–water partition coefficient (Wildman–Crippen LogP) is 7.94. The Morgan fingerprint density at radius 3 is 2.05 bits per heavy atom. The Labute approximate surface area is 220 Å². The predicted molar refractivity (Wildman–Crippen MR) is 140 cm³/mol. The molecule has 0 aromatic rings. The van der Waals surface area contributed by atoms with E-state index in [1.54, 1.807) is 33.8 Å². The highest BCUT2D eigenvalue weighted by atomic mass is 19.4. The minimum atomic E-state index is -4.68. The molecule has 1 amide bonds. The summed E-state index contributed by atoms with van der Waals surface area (Å²) in [5.41, 5.74) is -1.29. The van der Waals surface area contributed by atoms with Gasteiger partial charge in [-0.1, -0.05) is 51.5 Å². The van der Waals surface area contributed by atoms with Gasteiger partial charge in [0.1, 0.15) is 11.4 Å². The van der Waals surface area contributed by atoms with Crippen LogP contribution in [-0.2, 0) is 9.53 Å². The van der Waals surface area contributed by atoms with Gasteiger partial charge in [0.25, 0.3) is 5.91 Å². The highest BCUT2D eigenvalue weighted by molar-refractivity contribution is 6.00. The smallest absolute Gasteiger partial charge is 0.429 e. The molecule has 1 N–H and O–H groups in total. The summed E-state index contributed by atoms with van der Waals surface area (Å²) >= 11 is 0. The van der Waals surface area contributed by atoms with Crippen molar-refractivity contribution in [1.82, 2.24) is 5.32 Å². The summed E-state index contributed by atoms with van der Waals surface area (Å²) in [5.74, 6) is -0.948. The van der Waals surface area contributed by atoms with Crippen LogP contribution in [0.1, 0.15) is 67.2 Å². The molecular weight excluding hydrogens is 512 g/mol. The molecule has 0 fully saturated rings. The number of hydrogen-bond acceptors (Lipinski definition) is 4. The molecular formula is C27H37F6N3O2. The number of ether oxygens (including phenoxy) is 1. The zero-order chi connectivity index (χ0) is 29.5. The van der Waals surface area contributed by atoms with Crippen LogP contribution in [0.5, 0.6) is 0 Å². The molecule has 0 radical (unpaired) electrons. The molecule has 0 aliphatic carbocycles. The summed E-state index contributed by atoms with van der Waals surface area (Å²) in [6.45, 7) is 9.37. The van der Waals surface area contributed by atoms with Crippen molar-refractivity contribution < 1.29 is 35.9 Å². The second-order valence-corrected chi connectivity index (χ2v) is 8.02. The number of carbonyl (C=O) groups is 1. The molecule has 0 spiro atoms. The van der Waals surface area contributed by atoms with E-state index in [1.807, 2.05) is 6.92 Å². The van der Waals surface area contributed by atoms with Crippen molar-refractivity contribution >= 4 is 17.5 Å². The third-order valence-corrected chi connectivity index (χ3v) is 5.06. The van der Waals surface area contributed by atoms with Crippen LogP contribution in [0.2, 0.25) is 0 Å². The molecule has 214 valence electrons. The summed E-state index contributed by atoms with van der Waals surface area (Å²) < 4.78 is 85.6. The molecule has 0 aliphatic rings. The third kappa shape index (κ3) is 12.0. The van der Waals surface area contributed by atoms with Gasteiger partial charge in [-0.05, 0) is 51.7 Å². The maximum atomic E-state index is 13.6. The maximum absolute atomic E-state index is 13.6. The Hall–Kier alpha value is -3.11. The second-order valence-electron chi connectivity index (χ2n) is 8.02. The van der Waals surface area contributed by atoms with Gasteiger partial charge in [-0.25, -0.2) is 9.98 Å². The topological polar surface area (TPSA) is 63.0 Å². The monoisotopic (exact) mass is 549 g/mol. The molecule has 0 saturated carbocycles. The summed E-state index contributed by atoms with van der Waals surface area (Å²) in [6.07, 6.45) is -2.52. The van der Waals surface area contributed by atoms with E-state index in [2.05, 4.69) is 15.3 Å². The zero-order valence-corrected chi connectivity index (χ0v) is 22.9. The van der Waals surface area contributed by atoms with Crippen molar-refractivity contribution in [3.63, 3.8) is 0 Å². The molecule has 5 nitrogen and oxygen atoms in total. The van der Waals surface area contributed by atoms with Crippen LogP contribution in [0.15, 0.2) is 68.5 Å². The number of nitrogens with one attached hydrogen (secondary N) is 1. The number of aliphatic imine (C=N–C) groups is 2. The molecule has 0 heterocycles. The number of halogens is 6. The lowest BCUT2D eigenvalue weighted by molar-refractivity contribution is -0.117. The first-order chi connectivity index (χ1) is 17.7. The summed E-state index contributed by atoms with van der Waals surface area (Å²) in [6, 6.07) is 0. The van der Waals surface area contributed by atoms with Crippen molar-refractivity contribution in [3.05, 3.63) is 58.5 Å². The molecule has 11 heteroatoms. The first-order valence-corrected chi connectivity index (χ1v) is 12.2. The minimum Gasteiger partial charge on any atom is -0.483 e. The summed E-state index contributed by atoms with van der Waals surface area (Å²) in [4.78, 5) is 20.5. The van der Waals surface area contributed by atoms with Gasteiger partial charge >= 0.3 is 12.4 Å². The van der Waals surface area contributed by atoms with E-state index in [-0.39, 0.29) is 43.0 Å². The van der Waals surface area contributed by atoms with E-state index in [0.717, 1.165) is 18.2 Å². The van der Waals surface area contributed by atoms with Crippen molar-refractivity contribution in [2.75, 3.05) is 13.7 Å². The number of hydrogen-bond donors (Lipinski definition) is 1. The summed E-state index contributed by atoms with van der Waals surface area (Å²) in [5, 5.41) is 2.41. The Morgan fingerprint density at radius 2 is 1.63 bits per heavy atom. The number of alkyl halides is 6. The van der Waals surface area contributed by atoms with Crippen LogP contribution in [0, 0.1) is 0 Å². The fourth-order valence-electron chi connectivity index (χ4n) is 3.01. The van der Waals surface area contributed by atoms with Crippen LogP contribution >= 0.6 is 0 Å². The minimum absolute atomic E-state index is 0.0615. The fraction of sp³-hybridized carbons (Fsp3) is 0.519. The normalized spacial score (nSPS) is 15.7. The Kier molecular flexibility index (Phi) is 15.3. The van der Waals surface area contributed by atoms with E-state index in [4.69, 9.17) is 4.74 Å². The Balaban J connectivity index is 6.37. The highest BCUT2D eigenvalue weighted by Gasteiger charge is 2.35. The van der Waals surface area contributed by atoms with E-state index < -0.39 is 35.2 Å². The van der Waals surface area contributed by atoms with Crippen LogP contribution in [0.3, 0.4) is 0 Å². The van der Waals surface area contributed by atoms with Crippen molar-refractivity contribution in [2.45, 2.75) is 79.6 Å². The third-order valence-electron chi connectivity index (χ3n) is 5.06. The van der Waals surface area contributed by atoms with Crippen LogP contribution < -0.4 is 5.32 Å². The van der Waals surface area contributed by atoms with Gasteiger partial charge in [0.05, 0.1) is 24.9 Å². The zero-order valence-electron chi connectivity index (χ0n) is 22.9. The standard InChI is InChI=1S/C27H37F6N3O2/c1-8-13-19(16-20(14-9-2)26(28,29)30)24(18(6)11-4)36-23(38-7)17-34-25(37)21(12-5)35-22(15-10-3)27(31,32)33/h8,12-14,16H,9-11,15,17H2,1-7H3,(H,34,37)/b13-8-,19-16+,20-14-,21-12-,24-18?,35-22?,36-23?. The molecule has 38 heavy (non-hydrogen) atoms. The van der Waals surface area contributed by atoms with Gasteiger partial charge in [0, 0.05) is 5.57 Å².